The predicted octanol–water partition coefficient (Wildman–Crippen LogP) is 2.89. The van der Waals surface area contributed by atoms with Crippen molar-refractivity contribution >= 4 is 0 Å². The van der Waals surface area contributed by atoms with Gasteiger partial charge in [0.1, 0.15) is 0 Å². The molecule has 0 bridgehead atoms. The van der Waals surface area contributed by atoms with Gasteiger partial charge in [-0.3, -0.25) is 4.90 Å². The molecule has 3 aliphatic rings. The number of hydrogen-bond acceptors (Lipinski definition) is 2. The lowest BCUT2D eigenvalue weighted by Gasteiger charge is -2.47. The summed E-state index contributed by atoms with van der Waals surface area (Å²) < 4.78 is 0. The minimum absolute atomic E-state index is 0.419. The van der Waals surface area contributed by atoms with E-state index in [1.807, 2.05) is 0 Å². The molecule has 3 fully saturated rings. The predicted molar refractivity (Wildman–Crippen MR) is 76.7 cm³/mol. The normalized spacial score (nSPS) is 38.3. The Bertz CT molecular complexity index is 293. The molecule has 2 atom stereocenters. The molecule has 1 saturated heterocycles. The first-order valence-corrected chi connectivity index (χ1v) is 8.06. The Morgan fingerprint density at radius 2 is 1.94 bits per heavy atom. The molecule has 1 N–H and O–H groups in total. The largest absolute Gasteiger partial charge is 0.308 e. The van der Waals surface area contributed by atoms with Crippen LogP contribution in [0.2, 0.25) is 0 Å². The van der Waals surface area contributed by atoms with Crippen LogP contribution in [-0.4, -0.2) is 36.1 Å². The molecule has 2 nitrogen and oxygen atoms in total. The molecular formula is C16H30N2. The monoisotopic (exact) mass is 250 g/mol. The maximum atomic E-state index is 3.89. The first kappa shape index (κ1) is 12.9. The van der Waals surface area contributed by atoms with Crippen LogP contribution in [0.3, 0.4) is 0 Å². The number of piperazine rings is 1. The van der Waals surface area contributed by atoms with Gasteiger partial charge in [0.25, 0.3) is 0 Å². The maximum absolute atomic E-state index is 3.89. The van der Waals surface area contributed by atoms with E-state index in [-0.39, 0.29) is 0 Å². The summed E-state index contributed by atoms with van der Waals surface area (Å²) in [5.74, 6) is 2.81. The van der Waals surface area contributed by atoms with E-state index in [9.17, 15) is 0 Å². The Hall–Kier alpha value is -0.0800. The van der Waals surface area contributed by atoms with Crippen molar-refractivity contribution in [2.45, 2.75) is 64.5 Å². The van der Waals surface area contributed by atoms with Gasteiger partial charge in [0.2, 0.25) is 0 Å². The van der Waals surface area contributed by atoms with Crippen molar-refractivity contribution < 1.29 is 0 Å². The zero-order valence-electron chi connectivity index (χ0n) is 12.4. The second-order valence-corrected chi connectivity index (χ2v) is 7.73. The molecule has 2 heteroatoms. The van der Waals surface area contributed by atoms with Gasteiger partial charge in [-0.15, -0.1) is 0 Å². The van der Waals surface area contributed by atoms with Gasteiger partial charge in [-0.05, 0) is 56.8 Å². The van der Waals surface area contributed by atoms with Crippen LogP contribution in [0.4, 0.5) is 0 Å². The lowest BCUT2D eigenvalue weighted by Crippen LogP contribution is -2.64. The van der Waals surface area contributed by atoms with E-state index in [0.717, 1.165) is 23.8 Å². The van der Waals surface area contributed by atoms with Gasteiger partial charge in [-0.25, -0.2) is 0 Å². The van der Waals surface area contributed by atoms with Crippen molar-refractivity contribution in [3.63, 3.8) is 0 Å². The van der Waals surface area contributed by atoms with E-state index in [1.54, 1.807) is 0 Å². The molecular weight excluding hydrogens is 220 g/mol. The molecule has 0 radical (unpaired) electrons. The zero-order chi connectivity index (χ0) is 12.8. The Labute approximate surface area is 113 Å². The number of nitrogens with zero attached hydrogens (tertiary/aromatic N) is 1. The van der Waals surface area contributed by atoms with Gasteiger partial charge >= 0.3 is 0 Å². The van der Waals surface area contributed by atoms with Crippen LogP contribution >= 0.6 is 0 Å². The molecule has 2 saturated carbocycles. The van der Waals surface area contributed by atoms with Crippen LogP contribution in [-0.2, 0) is 0 Å². The molecule has 0 amide bonds. The van der Waals surface area contributed by atoms with E-state index in [2.05, 4.69) is 31.0 Å². The van der Waals surface area contributed by atoms with E-state index < -0.39 is 0 Å². The Morgan fingerprint density at radius 1 is 1.22 bits per heavy atom. The number of rotatable bonds is 5. The standard InChI is InChI=1S/C16H30N2/c1-12(2)8-15-9-17-16(3,14-6-7-14)11-18(15)10-13-4-5-13/h12-15,17H,4-11H2,1-3H3. The summed E-state index contributed by atoms with van der Waals surface area (Å²) in [4.78, 5) is 2.84. The zero-order valence-corrected chi connectivity index (χ0v) is 12.4. The van der Waals surface area contributed by atoms with Crippen molar-refractivity contribution in [2.24, 2.45) is 17.8 Å². The number of hydrogen-bond donors (Lipinski definition) is 1. The van der Waals surface area contributed by atoms with Crippen LogP contribution in [0.1, 0.15) is 52.9 Å². The fourth-order valence-electron chi connectivity index (χ4n) is 3.70. The average molecular weight is 250 g/mol. The van der Waals surface area contributed by atoms with E-state index in [0.29, 0.717) is 5.54 Å². The van der Waals surface area contributed by atoms with Gasteiger partial charge in [-0.1, -0.05) is 13.8 Å². The highest BCUT2D eigenvalue weighted by atomic mass is 15.3. The molecule has 18 heavy (non-hydrogen) atoms. The molecule has 0 aromatic carbocycles. The van der Waals surface area contributed by atoms with Crippen molar-refractivity contribution in [1.29, 1.82) is 0 Å². The van der Waals surface area contributed by atoms with Gasteiger partial charge in [0, 0.05) is 31.2 Å². The summed E-state index contributed by atoms with van der Waals surface area (Å²) in [6.07, 6.45) is 7.24. The Kier molecular flexibility index (Phi) is 3.44. The highest BCUT2D eigenvalue weighted by Gasteiger charge is 2.46. The minimum Gasteiger partial charge on any atom is -0.308 e. The van der Waals surface area contributed by atoms with Gasteiger partial charge < -0.3 is 5.32 Å². The Morgan fingerprint density at radius 3 is 2.50 bits per heavy atom. The first-order chi connectivity index (χ1) is 8.57. The lowest BCUT2D eigenvalue weighted by atomic mass is 9.88. The molecule has 1 heterocycles. The van der Waals surface area contributed by atoms with Crippen LogP contribution in [0, 0.1) is 17.8 Å². The average Bonchev–Trinajstić information content (AvgIpc) is 3.14. The summed E-state index contributed by atoms with van der Waals surface area (Å²) in [6.45, 7) is 11.1. The number of nitrogens with one attached hydrogen (secondary N) is 1. The van der Waals surface area contributed by atoms with Gasteiger partial charge in [0.05, 0.1) is 0 Å². The fourth-order valence-corrected chi connectivity index (χ4v) is 3.70. The molecule has 0 spiro atoms. The van der Waals surface area contributed by atoms with Crippen molar-refractivity contribution in [3.8, 4) is 0 Å². The maximum Gasteiger partial charge on any atom is 0.0309 e. The Balaban J connectivity index is 1.64. The van der Waals surface area contributed by atoms with E-state index in [1.165, 1.54) is 51.7 Å². The quantitative estimate of drug-likeness (QED) is 0.807. The molecule has 2 aliphatic carbocycles. The van der Waals surface area contributed by atoms with Crippen LogP contribution in [0.25, 0.3) is 0 Å². The lowest BCUT2D eigenvalue weighted by molar-refractivity contribution is 0.0606. The molecule has 2 unspecified atom stereocenters. The van der Waals surface area contributed by atoms with Gasteiger partial charge in [-0.2, -0.15) is 0 Å². The molecule has 104 valence electrons. The second-order valence-electron chi connectivity index (χ2n) is 7.73. The summed E-state index contributed by atoms with van der Waals surface area (Å²) in [6, 6.07) is 0.789. The molecule has 3 rings (SSSR count). The highest BCUT2D eigenvalue weighted by Crippen LogP contribution is 2.42. The summed E-state index contributed by atoms with van der Waals surface area (Å²) in [5, 5.41) is 3.89. The third-order valence-corrected chi connectivity index (χ3v) is 5.20. The van der Waals surface area contributed by atoms with Crippen LogP contribution < -0.4 is 5.32 Å². The summed E-state index contributed by atoms with van der Waals surface area (Å²) in [5.41, 5.74) is 0.419. The topological polar surface area (TPSA) is 15.3 Å². The third kappa shape index (κ3) is 2.91. The van der Waals surface area contributed by atoms with E-state index >= 15 is 0 Å². The third-order valence-electron chi connectivity index (χ3n) is 5.20. The van der Waals surface area contributed by atoms with Crippen LogP contribution in [0.15, 0.2) is 0 Å². The molecule has 0 aromatic heterocycles. The molecule has 1 aliphatic heterocycles. The highest BCUT2D eigenvalue weighted by molar-refractivity contribution is 5.04. The second kappa shape index (κ2) is 4.79. The SMILES string of the molecule is CC(C)CC1CNC(C)(C2CC2)CN1CC1CC1. The van der Waals surface area contributed by atoms with Crippen molar-refractivity contribution in [2.75, 3.05) is 19.6 Å². The molecule has 0 aromatic rings. The smallest absolute Gasteiger partial charge is 0.0309 e. The van der Waals surface area contributed by atoms with E-state index in [4.69, 9.17) is 0 Å². The summed E-state index contributed by atoms with van der Waals surface area (Å²) >= 11 is 0. The summed E-state index contributed by atoms with van der Waals surface area (Å²) in [7, 11) is 0. The van der Waals surface area contributed by atoms with Crippen molar-refractivity contribution in [3.05, 3.63) is 0 Å². The first-order valence-electron chi connectivity index (χ1n) is 8.06. The van der Waals surface area contributed by atoms with Gasteiger partial charge in [0.15, 0.2) is 0 Å². The fraction of sp³-hybridized carbons (Fsp3) is 1.00. The minimum atomic E-state index is 0.419. The van der Waals surface area contributed by atoms with Crippen LogP contribution in [0.5, 0.6) is 0 Å². The van der Waals surface area contributed by atoms with Crippen molar-refractivity contribution in [1.82, 2.24) is 10.2 Å².